The summed E-state index contributed by atoms with van der Waals surface area (Å²) >= 11 is 0. The average molecular weight is 483 g/mol. The second-order valence-corrected chi connectivity index (χ2v) is 9.69. The quantitative estimate of drug-likeness (QED) is 0.604. The van der Waals surface area contributed by atoms with Crippen molar-refractivity contribution >= 4 is 15.9 Å². The summed E-state index contributed by atoms with van der Waals surface area (Å²) in [6, 6.07) is 9.57. The highest BCUT2D eigenvalue weighted by Gasteiger charge is 2.41. The van der Waals surface area contributed by atoms with Crippen LogP contribution >= 0.6 is 0 Å². The van der Waals surface area contributed by atoms with Crippen LogP contribution in [0.5, 0.6) is 17.2 Å². The second-order valence-electron chi connectivity index (χ2n) is 7.80. The van der Waals surface area contributed by atoms with Crippen molar-refractivity contribution in [3.63, 3.8) is 0 Å². The van der Waals surface area contributed by atoms with E-state index in [0.29, 0.717) is 43.1 Å². The lowest BCUT2D eigenvalue weighted by Gasteiger charge is -2.28. The third kappa shape index (κ3) is 5.03. The van der Waals surface area contributed by atoms with E-state index in [4.69, 9.17) is 9.47 Å². The van der Waals surface area contributed by atoms with Crippen molar-refractivity contribution in [1.82, 2.24) is 9.21 Å². The highest BCUT2D eigenvalue weighted by Crippen LogP contribution is 2.35. The van der Waals surface area contributed by atoms with Gasteiger partial charge in [0, 0.05) is 26.2 Å². The van der Waals surface area contributed by atoms with Gasteiger partial charge in [0.25, 0.3) is 0 Å². The molecule has 2 aliphatic heterocycles. The fourth-order valence-electron chi connectivity index (χ4n) is 3.98. The van der Waals surface area contributed by atoms with Crippen molar-refractivity contribution in [2.75, 3.05) is 26.8 Å². The van der Waals surface area contributed by atoms with Crippen molar-refractivity contribution < 1.29 is 36.2 Å². The van der Waals surface area contributed by atoms with Gasteiger partial charge in [0.05, 0.1) is 4.90 Å². The molecule has 4 rings (SSSR count). The molecule has 0 bridgehead atoms. The number of fused-ring (bicyclic) bond motifs is 1. The first kappa shape index (κ1) is 23.2. The fraction of sp³-hybridized carbons (Fsp3) is 0.409. The van der Waals surface area contributed by atoms with Gasteiger partial charge in [-0.3, -0.25) is 4.79 Å². The first-order chi connectivity index (χ1) is 15.8. The maximum atomic E-state index is 13.3. The van der Waals surface area contributed by atoms with Crippen LogP contribution in [0.3, 0.4) is 0 Å². The second kappa shape index (κ2) is 9.52. The van der Waals surface area contributed by atoms with E-state index < -0.39 is 22.7 Å². The minimum absolute atomic E-state index is 0.0234. The number of benzene rings is 2. The molecule has 1 unspecified atom stereocenters. The van der Waals surface area contributed by atoms with Gasteiger partial charge in [-0.25, -0.2) is 8.42 Å². The molecule has 1 fully saturated rings. The van der Waals surface area contributed by atoms with Gasteiger partial charge in [-0.15, -0.1) is 0 Å². The largest absolute Gasteiger partial charge is 0.486 e. The van der Waals surface area contributed by atoms with E-state index in [-0.39, 0.29) is 29.6 Å². The van der Waals surface area contributed by atoms with Gasteiger partial charge in [-0.05, 0) is 42.7 Å². The minimum atomic E-state index is -3.93. The first-order valence-corrected chi connectivity index (χ1v) is 11.9. The maximum absolute atomic E-state index is 13.3. The molecule has 33 heavy (non-hydrogen) atoms. The summed E-state index contributed by atoms with van der Waals surface area (Å²) in [6.07, 6.45) is 0.974. The zero-order chi connectivity index (χ0) is 23.6. The van der Waals surface area contributed by atoms with Crippen molar-refractivity contribution in [3.8, 4) is 17.2 Å². The van der Waals surface area contributed by atoms with Crippen LogP contribution in [0.4, 0.5) is 8.78 Å². The van der Waals surface area contributed by atoms with Crippen molar-refractivity contribution in [2.45, 2.75) is 36.9 Å². The Hall–Kier alpha value is -2.92. The molecule has 0 aromatic heterocycles. The summed E-state index contributed by atoms with van der Waals surface area (Å²) in [7, 11) is -2.34. The number of amides is 1. The smallest absolute Gasteiger partial charge is 0.387 e. The van der Waals surface area contributed by atoms with Gasteiger partial charge in [0.2, 0.25) is 15.9 Å². The molecule has 1 atom stereocenters. The molecule has 2 aromatic carbocycles. The van der Waals surface area contributed by atoms with Crippen LogP contribution in [-0.4, -0.2) is 63.0 Å². The van der Waals surface area contributed by atoms with Crippen LogP contribution in [0.15, 0.2) is 47.4 Å². The molecule has 1 saturated heterocycles. The Morgan fingerprint density at radius 3 is 2.55 bits per heavy atom. The van der Waals surface area contributed by atoms with E-state index in [1.165, 1.54) is 33.5 Å². The summed E-state index contributed by atoms with van der Waals surface area (Å²) in [5.41, 5.74) is 0.701. The standard InChI is InChI=1S/C22H24F2N2O6S/c1-25(14-15-4-6-16(7-5-15)32-22(23)24)21(27)18-3-2-10-26(18)33(28,29)17-8-9-19-20(13-17)31-12-11-30-19/h4-9,13,18,22H,2-3,10-12,14H2,1H3. The zero-order valence-electron chi connectivity index (χ0n) is 17.9. The minimum Gasteiger partial charge on any atom is -0.486 e. The summed E-state index contributed by atoms with van der Waals surface area (Å²) in [6.45, 7) is -1.75. The molecule has 2 aromatic rings. The van der Waals surface area contributed by atoms with Gasteiger partial charge in [-0.1, -0.05) is 12.1 Å². The van der Waals surface area contributed by atoms with Crippen LogP contribution in [0.25, 0.3) is 0 Å². The number of hydrogen-bond acceptors (Lipinski definition) is 6. The number of carbonyl (C=O) groups is 1. The van der Waals surface area contributed by atoms with Gasteiger partial charge in [0.1, 0.15) is 25.0 Å². The van der Waals surface area contributed by atoms with Crippen molar-refractivity contribution in [2.24, 2.45) is 0 Å². The Kier molecular flexibility index (Phi) is 6.71. The summed E-state index contributed by atoms with van der Waals surface area (Å²) in [4.78, 5) is 14.6. The van der Waals surface area contributed by atoms with E-state index in [1.807, 2.05) is 0 Å². The van der Waals surface area contributed by atoms with Gasteiger partial charge in [0.15, 0.2) is 11.5 Å². The molecule has 11 heteroatoms. The number of sulfonamides is 1. The molecule has 8 nitrogen and oxygen atoms in total. The SMILES string of the molecule is CN(Cc1ccc(OC(F)F)cc1)C(=O)C1CCCN1S(=O)(=O)c1ccc2c(c1)OCCO2. The number of ether oxygens (including phenoxy) is 3. The fourth-order valence-corrected chi connectivity index (χ4v) is 5.64. The average Bonchev–Trinajstić information content (AvgIpc) is 3.30. The topological polar surface area (TPSA) is 85.4 Å². The molecule has 2 aliphatic rings. The Bertz CT molecular complexity index is 1110. The maximum Gasteiger partial charge on any atom is 0.387 e. The summed E-state index contributed by atoms with van der Waals surface area (Å²) in [5.74, 6) is 0.538. The Morgan fingerprint density at radius 1 is 1.15 bits per heavy atom. The van der Waals surface area contributed by atoms with Gasteiger partial charge in [-0.2, -0.15) is 13.1 Å². The molecule has 0 aliphatic carbocycles. The van der Waals surface area contributed by atoms with Crippen LogP contribution in [0.2, 0.25) is 0 Å². The molecule has 2 heterocycles. The predicted molar refractivity (Wildman–Crippen MR) is 114 cm³/mol. The van der Waals surface area contributed by atoms with E-state index in [0.717, 1.165) is 0 Å². The summed E-state index contributed by atoms with van der Waals surface area (Å²) < 4.78 is 67.8. The molecule has 0 spiro atoms. The van der Waals surface area contributed by atoms with E-state index in [9.17, 15) is 22.0 Å². The number of alkyl halides is 2. The number of rotatable bonds is 7. The van der Waals surface area contributed by atoms with Crippen LogP contribution in [0.1, 0.15) is 18.4 Å². The third-order valence-corrected chi connectivity index (χ3v) is 7.46. The van der Waals surface area contributed by atoms with Gasteiger partial charge < -0.3 is 19.1 Å². The molecular formula is C22H24F2N2O6S. The lowest BCUT2D eigenvalue weighted by Crippen LogP contribution is -2.46. The van der Waals surface area contributed by atoms with E-state index in [2.05, 4.69) is 4.74 Å². The lowest BCUT2D eigenvalue weighted by atomic mass is 10.1. The number of likely N-dealkylation sites (N-methyl/N-ethyl adjacent to an activating group) is 1. The molecular weight excluding hydrogens is 458 g/mol. The lowest BCUT2D eigenvalue weighted by molar-refractivity contribution is -0.133. The number of halogens is 2. The third-order valence-electron chi connectivity index (χ3n) is 5.55. The Balaban J connectivity index is 1.47. The molecule has 178 valence electrons. The van der Waals surface area contributed by atoms with Crippen molar-refractivity contribution in [3.05, 3.63) is 48.0 Å². The zero-order valence-corrected chi connectivity index (χ0v) is 18.8. The molecule has 1 amide bonds. The highest BCUT2D eigenvalue weighted by molar-refractivity contribution is 7.89. The number of nitrogens with zero attached hydrogens (tertiary/aromatic N) is 2. The molecule has 0 N–H and O–H groups in total. The van der Waals surface area contributed by atoms with Gasteiger partial charge >= 0.3 is 6.61 Å². The van der Waals surface area contributed by atoms with Crippen molar-refractivity contribution in [1.29, 1.82) is 0 Å². The molecule has 0 radical (unpaired) electrons. The number of carbonyl (C=O) groups excluding carboxylic acids is 1. The van der Waals surface area contributed by atoms with Crippen LogP contribution < -0.4 is 14.2 Å². The predicted octanol–water partition coefficient (Wildman–Crippen LogP) is 2.87. The van der Waals surface area contributed by atoms with Crippen LogP contribution in [-0.2, 0) is 21.4 Å². The van der Waals surface area contributed by atoms with E-state index in [1.54, 1.807) is 25.2 Å². The van der Waals surface area contributed by atoms with Crippen LogP contribution in [0, 0.1) is 0 Å². The first-order valence-electron chi connectivity index (χ1n) is 10.5. The normalized spacial score (nSPS) is 18.4. The highest BCUT2D eigenvalue weighted by atomic mass is 32.2. The summed E-state index contributed by atoms with van der Waals surface area (Å²) in [5, 5.41) is 0. The number of hydrogen-bond donors (Lipinski definition) is 0. The Labute approximate surface area is 190 Å². The Morgan fingerprint density at radius 2 is 1.85 bits per heavy atom. The molecule has 0 saturated carbocycles. The monoisotopic (exact) mass is 482 g/mol. The van der Waals surface area contributed by atoms with E-state index >= 15 is 0 Å².